The second kappa shape index (κ2) is 8.51. The third-order valence-electron chi connectivity index (χ3n) is 5.04. The molecule has 3 aromatic rings. The lowest BCUT2D eigenvalue weighted by Crippen LogP contribution is -2.31. The van der Waals surface area contributed by atoms with Gasteiger partial charge in [-0.3, -0.25) is 4.79 Å². The van der Waals surface area contributed by atoms with Crippen molar-refractivity contribution in [1.82, 2.24) is 14.8 Å². The first-order valence-electron chi connectivity index (χ1n) is 10.1. The zero-order valence-corrected chi connectivity index (χ0v) is 18.0. The molecule has 0 saturated carbocycles. The molecule has 0 aliphatic carbocycles. The molecule has 2 N–H and O–H groups in total. The first kappa shape index (κ1) is 20.5. The van der Waals surface area contributed by atoms with Crippen molar-refractivity contribution in [3.63, 3.8) is 0 Å². The van der Waals surface area contributed by atoms with Crippen LogP contribution in [0.15, 0.2) is 59.8 Å². The fraction of sp³-hybridized carbons (Fsp3) is 0.261. The molecule has 0 unspecified atom stereocenters. The lowest BCUT2D eigenvalue weighted by molar-refractivity contribution is -0.113. The van der Waals surface area contributed by atoms with Crippen LogP contribution in [0, 0.1) is 6.92 Å². The van der Waals surface area contributed by atoms with E-state index >= 15 is 0 Å². The number of carbonyl (C=O) groups excluding carboxylic acids is 1. The van der Waals surface area contributed by atoms with Crippen LogP contribution in [0.2, 0.25) is 0 Å². The number of fused-ring (bicyclic) bond motifs is 1. The minimum atomic E-state index is -0.481. The summed E-state index contributed by atoms with van der Waals surface area (Å²) in [5, 5.41) is 10.7. The Morgan fingerprint density at radius 2 is 1.94 bits per heavy atom. The number of aryl methyl sites for hydroxylation is 1. The molecular formula is C23H25N5O3. The maximum atomic E-state index is 13.4. The standard InChI is InChI=1S/C23H25N5O3/c1-5-31-18-12-11-16(13-19(18)30-4)21-20(22(29)26-17-9-7-6-8-10-17)14(2)24-23-25-15(3)27-28(21)23/h6-13,21H,5H2,1-4H3,(H,26,29)(H,24,25,27)/t21-/m0/s1. The third kappa shape index (κ3) is 3.96. The van der Waals surface area contributed by atoms with E-state index in [9.17, 15) is 4.79 Å². The van der Waals surface area contributed by atoms with Crippen molar-refractivity contribution in [1.29, 1.82) is 0 Å². The van der Waals surface area contributed by atoms with E-state index in [2.05, 4.69) is 20.7 Å². The number of methoxy groups -OCH3 is 1. The number of para-hydroxylation sites is 1. The SMILES string of the molecule is CCOc1ccc([C@H]2C(C(=O)Nc3ccccc3)=C(C)Nc3nc(C)nn32)cc1OC. The number of amides is 1. The van der Waals surface area contributed by atoms with E-state index in [1.807, 2.05) is 69.3 Å². The highest BCUT2D eigenvalue weighted by molar-refractivity contribution is 6.06. The topological polar surface area (TPSA) is 90.3 Å². The molecule has 0 bridgehead atoms. The van der Waals surface area contributed by atoms with Gasteiger partial charge in [0.25, 0.3) is 5.91 Å². The smallest absolute Gasteiger partial charge is 0.255 e. The zero-order valence-electron chi connectivity index (χ0n) is 18.0. The molecule has 31 heavy (non-hydrogen) atoms. The first-order valence-corrected chi connectivity index (χ1v) is 10.1. The van der Waals surface area contributed by atoms with Crippen LogP contribution in [-0.4, -0.2) is 34.4 Å². The molecule has 8 heteroatoms. The fourth-order valence-electron chi connectivity index (χ4n) is 3.71. The largest absolute Gasteiger partial charge is 0.493 e. The summed E-state index contributed by atoms with van der Waals surface area (Å²) in [4.78, 5) is 17.8. The van der Waals surface area contributed by atoms with E-state index in [4.69, 9.17) is 9.47 Å². The molecule has 1 aliphatic rings. The summed E-state index contributed by atoms with van der Waals surface area (Å²) in [7, 11) is 1.60. The van der Waals surface area contributed by atoms with E-state index in [1.54, 1.807) is 11.8 Å². The van der Waals surface area contributed by atoms with Crippen molar-refractivity contribution in [3.05, 3.63) is 71.2 Å². The zero-order chi connectivity index (χ0) is 22.0. The van der Waals surface area contributed by atoms with Gasteiger partial charge in [0.2, 0.25) is 5.95 Å². The second-order valence-corrected chi connectivity index (χ2v) is 7.16. The Bertz CT molecular complexity index is 1140. The van der Waals surface area contributed by atoms with Crippen molar-refractivity contribution < 1.29 is 14.3 Å². The number of allylic oxidation sites excluding steroid dienone is 1. The number of hydrogen-bond acceptors (Lipinski definition) is 6. The van der Waals surface area contributed by atoms with Crippen molar-refractivity contribution in [3.8, 4) is 11.5 Å². The molecule has 8 nitrogen and oxygen atoms in total. The molecule has 0 spiro atoms. The molecule has 0 saturated heterocycles. The van der Waals surface area contributed by atoms with Gasteiger partial charge in [-0.25, -0.2) is 4.68 Å². The second-order valence-electron chi connectivity index (χ2n) is 7.16. The van der Waals surface area contributed by atoms with Crippen LogP contribution in [0.25, 0.3) is 0 Å². The maximum Gasteiger partial charge on any atom is 0.255 e. The number of ether oxygens (including phenoxy) is 2. The molecule has 0 radical (unpaired) electrons. The summed E-state index contributed by atoms with van der Waals surface area (Å²) in [5.74, 6) is 2.23. The quantitative estimate of drug-likeness (QED) is 0.629. The van der Waals surface area contributed by atoms with Crippen LogP contribution >= 0.6 is 0 Å². The molecular weight excluding hydrogens is 394 g/mol. The molecule has 4 rings (SSSR count). The Morgan fingerprint density at radius 3 is 2.65 bits per heavy atom. The normalized spacial score (nSPS) is 15.2. The highest BCUT2D eigenvalue weighted by atomic mass is 16.5. The van der Waals surface area contributed by atoms with Crippen molar-refractivity contribution in [2.45, 2.75) is 26.8 Å². The van der Waals surface area contributed by atoms with Gasteiger partial charge in [0.05, 0.1) is 19.3 Å². The van der Waals surface area contributed by atoms with Crippen molar-refractivity contribution in [2.24, 2.45) is 0 Å². The minimum Gasteiger partial charge on any atom is -0.493 e. The van der Waals surface area contributed by atoms with Gasteiger partial charge in [0, 0.05) is 11.4 Å². The Hall–Kier alpha value is -3.81. The maximum absolute atomic E-state index is 13.4. The van der Waals surface area contributed by atoms with Gasteiger partial charge < -0.3 is 20.1 Å². The van der Waals surface area contributed by atoms with Gasteiger partial charge in [-0.1, -0.05) is 24.3 Å². The van der Waals surface area contributed by atoms with Crippen molar-refractivity contribution >= 4 is 17.5 Å². The van der Waals surface area contributed by atoms with Gasteiger partial charge in [0.1, 0.15) is 11.9 Å². The molecule has 2 heterocycles. The van der Waals surface area contributed by atoms with E-state index in [0.717, 1.165) is 11.3 Å². The predicted molar refractivity (Wildman–Crippen MR) is 118 cm³/mol. The monoisotopic (exact) mass is 419 g/mol. The first-order chi connectivity index (χ1) is 15.0. The average molecular weight is 419 g/mol. The van der Waals surface area contributed by atoms with Crippen LogP contribution in [0.5, 0.6) is 11.5 Å². The predicted octanol–water partition coefficient (Wildman–Crippen LogP) is 3.92. The highest BCUT2D eigenvalue weighted by Gasteiger charge is 2.34. The summed E-state index contributed by atoms with van der Waals surface area (Å²) in [5.41, 5.74) is 2.82. The number of hydrogen-bond donors (Lipinski definition) is 2. The number of anilines is 2. The molecule has 1 amide bonds. The number of carbonyl (C=O) groups is 1. The van der Waals surface area contributed by atoms with Crippen LogP contribution in [0.1, 0.15) is 31.3 Å². The fourth-order valence-corrected chi connectivity index (χ4v) is 3.71. The summed E-state index contributed by atoms with van der Waals surface area (Å²) < 4.78 is 12.9. The molecule has 1 aromatic heterocycles. The average Bonchev–Trinajstić information content (AvgIpc) is 3.13. The van der Waals surface area contributed by atoms with Gasteiger partial charge in [-0.2, -0.15) is 10.1 Å². The van der Waals surface area contributed by atoms with Crippen molar-refractivity contribution in [2.75, 3.05) is 24.4 Å². The number of benzene rings is 2. The molecule has 2 aromatic carbocycles. The number of aromatic nitrogens is 3. The number of nitrogens with one attached hydrogen (secondary N) is 2. The molecule has 1 aliphatic heterocycles. The van der Waals surface area contributed by atoms with Crippen LogP contribution in [0.4, 0.5) is 11.6 Å². The van der Waals surface area contributed by atoms with E-state index in [0.29, 0.717) is 41.1 Å². The van der Waals surface area contributed by atoms with E-state index < -0.39 is 6.04 Å². The van der Waals surface area contributed by atoms with Crippen LogP contribution < -0.4 is 20.1 Å². The summed E-state index contributed by atoms with van der Waals surface area (Å²) in [6.45, 7) is 6.13. The van der Waals surface area contributed by atoms with E-state index in [-0.39, 0.29) is 5.91 Å². The number of rotatable bonds is 6. The molecule has 160 valence electrons. The molecule has 0 fully saturated rings. The Kier molecular flexibility index (Phi) is 5.62. The lowest BCUT2D eigenvalue weighted by atomic mass is 9.94. The Morgan fingerprint density at radius 1 is 1.16 bits per heavy atom. The van der Waals surface area contributed by atoms with Crippen LogP contribution in [-0.2, 0) is 4.79 Å². The van der Waals surface area contributed by atoms with E-state index in [1.165, 1.54) is 0 Å². The lowest BCUT2D eigenvalue weighted by Gasteiger charge is -2.29. The van der Waals surface area contributed by atoms with Gasteiger partial charge in [-0.05, 0) is 50.6 Å². The van der Waals surface area contributed by atoms with Gasteiger partial charge in [0.15, 0.2) is 11.5 Å². The summed E-state index contributed by atoms with van der Waals surface area (Å²) in [6.07, 6.45) is 0. The van der Waals surface area contributed by atoms with Gasteiger partial charge in [-0.15, -0.1) is 0 Å². The third-order valence-corrected chi connectivity index (χ3v) is 5.04. The molecule has 1 atom stereocenters. The minimum absolute atomic E-state index is 0.215. The highest BCUT2D eigenvalue weighted by Crippen LogP contribution is 2.39. The summed E-state index contributed by atoms with van der Waals surface area (Å²) >= 11 is 0. The summed E-state index contributed by atoms with van der Waals surface area (Å²) in [6, 6.07) is 14.5. The van der Waals surface area contributed by atoms with Gasteiger partial charge >= 0.3 is 0 Å². The Labute approximate surface area is 180 Å². The van der Waals surface area contributed by atoms with Crippen LogP contribution in [0.3, 0.4) is 0 Å². The Balaban J connectivity index is 1.80. The number of nitrogens with zero attached hydrogens (tertiary/aromatic N) is 3.